The second-order valence-corrected chi connectivity index (χ2v) is 11.0. The number of methoxy groups -OCH3 is 1. The van der Waals surface area contributed by atoms with Crippen LogP contribution in [0.1, 0.15) is 22.3 Å². The van der Waals surface area contributed by atoms with Gasteiger partial charge in [-0.2, -0.15) is 0 Å². The van der Waals surface area contributed by atoms with E-state index in [0.29, 0.717) is 33.9 Å². The molecule has 0 bridgehead atoms. The first kappa shape index (κ1) is 28.4. The zero-order valence-corrected chi connectivity index (χ0v) is 24.5. The summed E-state index contributed by atoms with van der Waals surface area (Å²) >= 11 is 0. The number of fused-ring (bicyclic) bond motifs is 1. The van der Waals surface area contributed by atoms with Crippen molar-refractivity contribution >= 4 is 22.6 Å². The van der Waals surface area contributed by atoms with Crippen LogP contribution in [-0.2, 0) is 6.42 Å². The molecular formula is C34H36N6O3. The first-order chi connectivity index (χ1) is 21.0. The Balaban J connectivity index is 1.12. The molecule has 1 amide bonds. The molecular weight excluding hydrogens is 540 g/mol. The average molecular weight is 577 g/mol. The number of nitrogens with one attached hydrogen (secondary N) is 2. The highest BCUT2D eigenvalue weighted by molar-refractivity contribution is 6.06. The fraction of sp³-hybridized carbons (Fsp3) is 0.265. The van der Waals surface area contributed by atoms with Gasteiger partial charge in [0.15, 0.2) is 0 Å². The molecule has 9 nitrogen and oxygen atoms in total. The van der Waals surface area contributed by atoms with E-state index in [2.05, 4.69) is 49.2 Å². The number of aryl methyl sites for hydroxylation is 1. The number of imidazole rings is 1. The van der Waals surface area contributed by atoms with E-state index in [1.54, 1.807) is 37.6 Å². The van der Waals surface area contributed by atoms with Crippen LogP contribution in [0, 0.1) is 0 Å². The largest absolute Gasteiger partial charge is 0.507 e. The maximum absolute atomic E-state index is 13.1. The number of aromatic amines is 1. The molecule has 1 aliphatic rings. The number of phenols is 1. The molecule has 0 spiro atoms. The number of carbonyl (C=O) groups is 1. The Morgan fingerprint density at radius 1 is 1.00 bits per heavy atom. The molecule has 3 aromatic carbocycles. The number of aromatic nitrogens is 3. The van der Waals surface area contributed by atoms with E-state index < -0.39 is 0 Å². The number of rotatable bonds is 9. The van der Waals surface area contributed by atoms with Crippen LogP contribution in [0.4, 0.5) is 5.69 Å². The second kappa shape index (κ2) is 12.6. The minimum absolute atomic E-state index is 0.0893. The monoisotopic (exact) mass is 576 g/mol. The molecule has 0 unspecified atom stereocenters. The number of benzene rings is 3. The smallest absolute Gasteiger partial charge is 0.255 e. The summed E-state index contributed by atoms with van der Waals surface area (Å²) in [5.41, 5.74) is 6.10. The molecule has 2 aromatic heterocycles. The molecule has 0 radical (unpaired) electrons. The highest BCUT2D eigenvalue weighted by atomic mass is 16.5. The third kappa shape index (κ3) is 6.53. The molecule has 1 aliphatic heterocycles. The van der Waals surface area contributed by atoms with E-state index in [-0.39, 0.29) is 11.7 Å². The number of piperazine rings is 1. The first-order valence-corrected chi connectivity index (χ1v) is 14.6. The fourth-order valence-corrected chi connectivity index (χ4v) is 5.48. The van der Waals surface area contributed by atoms with Gasteiger partial charge in [-0.25, -0.2) is 9.97 Å². The molecule has 1 saturated heterocycles. The Morgan fingerprint density at radius 2 is 1.81 bits per heavy atom. The number of pyridine rings is 1. The Hall–Kier alpha value is -4.73. The molecule has 3 heterocycles. The Kier molecular flexibility index (Phi) is 8.35. The quantitative estimate of drug-likeness (QED) is 0.215. The van der Waals surface area contributed by atoms with Crippen molar-refractivity contribution in [2.24, 2.45) is 0 Å². The van der Waals surface area contributed by atoms with E-state index in [9.17, 15) is 9.90 Å². The predicted molar refractivity (Wildman–Crippen MR) is 170 cm³/mol. The minimum atomic E-state index is -0.200. The second-order valence-electron chi connectivity index (χ2n) is 11.0. The number of H-pyrrole nitrogens is 1. The zero-order valence-electron chi connectivity index (χ0n) is 24.5. The van der Waals surface area contributed by atoms with Gasteiger partial charge in [0.25, 0.3) is 5.91 Å². The van der Waals surface area contributed by atoms with Crippen LogP contribution in [-0.4, -0.2) is 82.6 Å². The van der Waals surface area contributed by atoms with Gasteiger partial charge in [0, 0.05) is 49.2 Å². The number of anilines is 1. The summed E-state index contributed by atoms with van der Waals surface area (Å²) in [6.45, 7) is 5.69. The molecule has 0 saturated carbocycles. The van der Waals surface area contributed by atoms with Crippen LogP contribution < -0.4 is 10.1 Å². The normalized spacial score (nSPS) is 14.2. The van der Waals surface area contributed by atoms with Crippen molar-refractivity contribution < 1.29 is 14.6 Å². The van der Waals surface area contributed by atoms with Crippen LogP contribution in [0.25, 0.3) is 33.5 Å². The first-order valence-electron chi connectivity index (χ1n) is 14.6. The van der Waals surface area contributed by atoms with Gasteiger partial charge in [0.05, 0.1) is 23.7 Å². The summed E-state index contributed by atoms with van der Waals surface area (Å²) in [6.07, 6.45) is 3.82. The summed E-state index contributed by atoms with van der Waals surface area (Å²) in [5.74, 6) is 0.883. The standard InChI is InChI=1S/C34H36N6O3/c1-39-17-19-40(20-18-39)16-4-5-23-7-11-26(12-8-23)36-33(42)25-9-13-29-30(22-25)38-32(37-29)28-21-24(10-14-31(28)41)27-6-3-15-35-34(27)43-2/h3,6-15,21-22,41H,4-5,16-20H2,1-2H3,(H,36,42)(H,37,38). The van der Waals surface area contributed by atoms with Crippen LogP contribution >= 0.6 is 0 Å². The number of hydrogen-bond donors (Lipinski definition) is 3. The van der Waals surface area contributed by atoms with E-state index >= 15 is 0 Å². The maximum Gasteiger partial charge on any atom is 0.255 e. The Morgan fingerprint density at radius 3 is 2.60 bits per heavy atom. The van der Waals surface area contributed by atoms with Gasteiger partial charge >= 0.3 is 0 Å². The molecule has 6 rings (SSSR count). The maximum atomic E-state index is 13.1. The van der Waals surface area contributed by atoms with Gasteiger partial charge in [-0.3, -0.25) is 4.79 Å². The highest BCUT2D eigenvalue weighted by Crippen LogP contribution is 2.35. The van der Waals surface area contributed by atoms with Crippen molar-refractivity contribution in [2.45, 2.75) is 12.8 Å². The number of likely N-dealkylation sites (N-methyl/N-ethyl adjacent to an activating group) is 1. The zero-order chi connectivity index (χ0) is 29.8. The van der Waals surface area contributed by atoms with Gasteiger partial charge in [0.2, 0.25) is 5.88 Å². The number of carbonyl (C=O) groups excluding carboxylic acids is 1. The van der Waals surface area contributed by atoms with Crippen molar-refractivity contribution in [1.82, 2.24) is 24.8 Å². The number of amides is 1. The van der Waals surface area contributed by atoms with Crippen LogP contribution in [0.2, 0.25) is 0 Å². The summed E-state index contributed by atoms with van der Waals surface area (Å²) in [6, 6.07) is 22.5. The molecule has 1 fully saturated rings. The van der Waals surface area contributed by atoms with Crippen molar-refractivity contribution in [3.8, 4) is 34.1 Å². The topological polar surface area (TPSA) is 107 Å². The van der Waals surface area contributed by atoms with Gasteiger partial charge < -0.3 is 29.9 Å². The Bertz CT molecular complexity index is 1720. The van der Waals surface area contributed by atoms with E-state index in [0.717, 1.165) is 62.4 Å². The van der Waals surface area contributed by atoms with E-state index in [1.807, 2.05) is 36.4 Å². The number of hydrogen-bond acceptors (Lipinski definition) is 7. The molecule has 0 aliphatic carbocycles. The number of ether oxygens (including phenoxy) is 1. The third-order valence-electron chi connectivity index (χ3n) is 8.02. The summed E-state index contributed by atoms with van der Waals surface area (Å²) in [5, 5.41) is 13.7. The number of aromatic hydroxyl groups is 1. The lowest BCUT2D eigenvalue weighted by atomic mass is 10.0. The summed E-state index contributed by atoms with van der Waals surface area (Å²) < 4.78 is 5.41. The molecule has 0 atom stereocenters. The third-order valence-corrected chi connectivity index (χ3v) is 8.02. The molecule has 5 aromatic rings. The van der Waals surface area contributed by atoms with Crippen LogP contribution in [0.5, 0.6) is 11.6 Å². The molecule has 9 heteroatoms. The molecule has 3 N–H and O–H groups in total. The van der Waals surface area contributed by atoms with E-state index in [4.69, 9.17) is 4.74 Å². The van der Waals surface area contributed by atoms with Gasteiger partial charge in [-0.1, -0.05) is 18.2 Å². The van der Waals surface area contributed by atoms with E-state index in [1.165, 1.54) is 5.56 Å². The Labute approximate surface area is 251 Å². The van der Waals surface area contributed by atoms with Crippen LogP contribution in [0.3, 0.4) is 0 Å². The van der Waals surface area contributed by atoms with Gasteiger partial charge in [-0.15, -0.1) is 0 Å². The summed E-state index contributed by atoms with van der Waals surface area (Å²) in [7, 11) is 3.76. The molecule has 220 valence electrons. The lowest BCUT2D eigenvalue weighted by molar-refractivity contribution is 0.102. The average Bonchev–Trinajstić information content (AvgIpc) is 3.46. The van der Waals surface area contributed by atoms with Crippen molar-refractivity contribution in [3.63, 3.8) is 0 Å². The highest BCUT2D eigenvalue weighted by Gasteiger charge is 2.16. The SMILES string of the molecule is COc1ncccc1-c1ccc(O)c(-c2nc3ccc(C(=O)Nc4ccc(CCCN5CCN(C)CC5)cc4)cc3[nH]2)c1. The number of phenolic OH excluding ortho intramolecular Hbond substituents is 1. The van der Waals surface area contributed by atoms with Crippen LogP contribution in [0.15, 0.2) is 79.0 Å². The fourth-order valence-electron chi connectivity index (χ4n) is 5.48. The van der Waals surface area contributed by atoms with Crippen molar-refractivity contribution in [1.29, 1.82) is 0 Å². The lowest BCUT2D eigenvalue weighted by Crippen LogP contribution is -2.44. The van der Waals surface area contributed by atoms with Crippen molar-refractivity contribution in [3.05, 3.63) is 90.1 Å². The lowest BCUT2D eigenvalue weighted by Gasteiger charge is -2.32. The molecule has 43 heavy (non-hydrogen) atoms. The van der Waals surface area contributed by atoms with Gasteiger partial charge in [-0.05, 0) is 92.2 Å². The van der Waals surface area contributed by atoms with Gasteiger partial charge in [0.1, 0.15) is 11.6 Å². The summed E-state index contributed by atoms with van der Waals surface area (Å²) in [4.78, 5) is 30.2. The predicted octanol–water partition coefficient (Wildman–Crippen LogP) is 5.44. The van der Waals surface area contributed by atoms with Crippen molar-refractivity contribution in [2.75, 3.05) is 52.2 Å². The minimum Gasteiger partial charge on any atom is -0.507 e. The number of nitrogens with zero attached hydrogens (tertiary/aromatic N) is 4.